The van der Waals surface area contributed by atoms with Gasteiger partial charge in [0.15, 0.2) is 6.61 Å². The largest absolute Gasteiger partial charge is 0.479 e. The molecule has 0 aliphatic rings. The molecule has 0 aliphatic heterocycles. The highest BCUT2D eigenvalue weighted by atomic mass is 16.7. The summed E-state index contributed by atoms with van der Waals surface area (Å²) in [5.74, 6) is -1.79. The Labute approximate surface area is 82.4 Å². The predicted octanol–water partition coefficient (Wildman–Crippen LogP) is -0.650. The highest BCUT2D eigenvalue weighted by Gasteiger charge is 2.20. The molecular formula is C8H16N2O4. The van der Waals surface area contributed by atoms with Gasteiger partial charge in [0.1, 0.15) is 0 Å². The molecule has 0 fully saturated rings. The van der Waals surface area contributed by atoms with E-state index in [1.807, 2.05) is 19.3 Å². The molecule has 0 saturated heterocycles. The van der Waals surface area contributed by atoms with Crippen LogP contribution in [0, 0.1) is 11.8 Å². The summed E-state index contributed by atoms with van der Waals surface area (Å²) < 4.78 is 0. The summed E-state index contributed by atoms with van der Waals surface area (Å²) in [7, 11) is 0. The maximum atomic E-state index is 11.3. The number of carbonyl (C=O) groups excluding carboxylic acids is 1. The van der Waals surface area contributed by atoms with E-state index in [0.717, 1.165) is 0 Å². The lowest BCUT2D eigenvalue weighted by molar-refractivity contribution is -0.151. The fourth-order valence-corrected chi connectivity index (χ4v) is 0.927. The van der Waals surface area contributed by atoms with Gasteiger partial charge in [-0.15, -0.1) is 0 Å². The van der Waals surface area contributed by atoms with Crippen LogP contribution in [0.1, 0.15) is 13.8 Å². The van der Waals surface area contributed by atoms with Crippen molar-refractivity contribution in [3.63, 3.8) is 0 Å². The van der Waals surface area contributed by atoms with Crippen molar-refractivity contribution in [2.75, 3.05) is 13.2 Å². The van der Waals surface area contributed by atoms with Gasteiger partial charge in [-0.25, -0.2) is 10.3 Å². The van der Waals surface area contributed by atoms with E-state index in [1.54, 1.807) is 0 Å². The summed E-state index contributed by atoms with van der Waals surface area (Å²) in [6, 6.07) is 0. The second-order valence-corrected chi connectivity index (χ2v) is 3.23. The van der Waals surface area contributed by atoms with Gasteiger partial charge < -0.3 is 10.8 Å². The summed E-state index contributed by atoms with van der Waals surface area (Å²) in [6.07, 6.45) is 0. The van der Waals surface area contributed by atoms with E-state index in [1.165, 1.54) is 0 Å². The molecule has 1 atom stereocenters. The second kappa shape index (κ2) is 6.33. The van der Waals surface area contributed by atoms with Crippen molar-refractivity contribution >= 4 is 11.9 Å². The summed E-state index contributed by atoms with van der Waals surface area (Å²) in [5, 5.41) is 8.23. The first-order valence-corrected chi connectivity index (χ1v) is 4.32. The molecular weight excluding hydrogens is 188 g/mol. The van der Waals surface area contributed by atoms with Gasteiger partial charge in [0.25, 0.3) is 0 Å². The molecule has 6 heteroatoms. The molecule has 14 heavy (non-hydrogen) atoms. The summed E-state index contributed by atoms with van der Waals surface area (Å²) >= 11 is 0. The first kappa shape index (κ1) is 12.9. The topological polar surface area (TPSA) is 102 Å². The first-order valence-electron chi connectivity index (χ1n) is 4.32. The van der Waals surface area contributed by atoms with Crippen LogP contribution < -0.4 is 11.2 Å². The molecule has 0 aliphatic carbocycles. The molecule has 0 bridgehead atoms. The third-order valence-electron chi connectivity index (χ3n) is 1.76. The molecule has 0 heterocycles. The van der Waals surface area contributed by atoms with Crippen molar-refractivity contribution in [1.29, 1.82) is 0 Å². The molecule has 4 N–H and O–H groups in total. The van der Waals surface area contributed by atoms with Crippen LogP contribution in [-0.2, 0) is 14.4 Å². The van der Waals surface area contributed by atoms with Crippen LogP contribution in [0.3, 0.4) is 0 Å². The Morgan fingerprint density at radius 3 is 2.43 bits per heavy atom. The number of nitrogens with two attached hydrogens (primary N) is 1. The zero-order chi connectivity index (χ0) is 11.1. The minimum absolute atomic E-state index is 0.0911. The number of carboxylic acid groups (broad SMARTS) is 1. The van der Waals surface area contributed by atoms with Crippen LogP contribution in [0.15, 0.2) is 0 Å². The van der Waals surface area contributed by atoms with Gasteiger partial charge >= 0.3 is 5.97 Å². The van der Waals surface area contributed by atoms with E-state index in [0.29, 0.717) is 0 Å². The number of rotatable bonds is 6. The molecule has 1 amide bonds. The minimum atomic E-state index is -1.14. The molecule has 0 aromatic heterocycles. The average molecular weight is 204 g/mol. The molecule has 0 aromatic carbocycles. The molecule has 82 valence electrons. The fourth-order valence-electron chi connectivity index (χ4n) is 0.927. The maximum Gasteiger partial charge on any atom is 0.332 e. The number of carboxylic acids is 1. The van der Waals surface area contributed by atoms with Crippen molar-refractivity contribution in [3.8, 4) is 0 Å². The van der Waals surface area contributed by atoms with Crippen molar-refractivity contribution in [1.82, 2.24) is 5.48 Å². The van der Waals surface area contributed by atoms with Crippen LogP contribution in [0.4, 0.5) is 0 Å². The van der Waals surface area contributed by atoms with Crippen LogP contribution in [0.2, 0.25) is 0 Å². The van der Waals surface area contributed by atoms with Gasteiger partial charge in [-0.05, 0) is 5.92 Å². The Morgan fingerprint density at radius 1 is 1.50 bits per heavy atom. The normalized spacial score (nSPS) is 12.6. The molecule has 0 radical (unpaired) electrons. The van der Waals surface area contributed by atoms with Gasteiger partial charge in [-0.2, -0.15) is 0 Å². The monoisotopic (exact) mass is 204 g/mol. The standard InChI is InChI=1S/C8H16N2O4/c1-5(2)6(3-9)8(13)10-14-4-7(11)12/h5-6H,3-4,9H2,1-2H3,(H,10,13)(H,11,12). The molecule has 0 saturated carbocycles. The minimum Gasteiger partial charge on any atom is -0.479 e. The van der Waals surface area contributed by atoms with Crippen LogP contribution >= 0.6 is 0 Å². The third kappa shape index (κ3) is 4.78. The summed E-state index contributed by atoms with van der Waals surface area (Å²) in [5.41, 5.74) is 7.42. The Bertz CT molecular complexity index is 206. The quantitative estimate of drug-likeness (QED) is 0.499. The van der Waals surface area contributed by atoms with E-state index >= 15 is 0 Å². The van der Waals surface area contributed by atoms with Crippen molar-refractivity contribution in [2.45, 2.75) is 13.8 Å². The third-order valence-corrected chi connectivity index (χ3v) is 1.76. The number of hydrogen-bond donors (Lipinski definition) is 3. The summed E-state index contributed by atoms with van der Waals surface area (Å²) in [6.45, 7) is 3.36. The lowest BCUT2D eigenvalue weighted by Crippen LogP contribution is -2.38. The summed E-state index contributed by atoms with van der Waals surface area (Å²) in [4.78, 5) is 25.8. The van der Waals surface area contributed by atoms with Crippen molar-refractivity contribution < 1.29 is 19.5 Å². The Kier molecular flexibility index (Phi) is 5.82. The van der Waals surface area contributed by atoms with E-state index in [4.69, 9.17) is 10.8 Å². The average Bonchev–Trinajstić information content (AvgIpc) is 2.03. The Balaban J connectivity index is 3.87. The first-order chi connectivity index (χ1) is 6.49. The number of amides is 1. The van der Waals surface area contributed by atoms with Gasteiger partial charge in [-0.3, -0.25) is 9.63 Å². The van der Waals surface area contributed by atoms with E-state index in [-0.39, 0.29) is 24.3 Å². The number of hydroxylamine groups is 1. The molecule has 1 unspecified atom stereocenters. The van der Waals surface area contributed by atoms with E-state index in [2.05, 4.69) is 4.84 Å². The molecule has 6 nitrogen and oxygen atoms in total. The number of nitrogens with one attached hydrogen (secondary N) is 1. The Hall–Kier alpha value is -1.14. The van der Waals surface area contributed by atoms with Gasteiger partial charge in [0.2, 0.25) is 5.91 Å². The zero-order valence-corrected chi connectivity index (χ0v) is 8.32. The van der Waals surface area contributed by atoms with E-state index in [9.17, 15) is 9.59 Å². The predicted molar refractivity (Wildman–Crippen MR) is 49.1 cm³/mol. The highest BCUT2D eigenvalue weighted by Crippen LogP contribution is 2.08. The molecule has 0 aromatic rings. The lowest BCUT2D eigenvalue weighted by atomic mass is 9.96. The van der Waals surface area contributed by atoms with Gasteiger partial charge in [-0.1, -0.05) is 13.8 Å². The molecule has 0 spiro atoms. The van der Waals surface area contributed by atoms with Crippen LogP contribution in [-0.4, -0.2) is 30.1 Å². The number of carbonyl (C=O) groups is 2. The maximum absolute atomic E-state index is 11.3. The van der Waals surface area contributed by atoms with Crippen LogP contribution in [0.5, 0.6) is 0 Å². The SMILES string of the molecule is CC(C)C(CN)C(=O)NOCC(=O)O. The Morgan fingerprint density at radius 2 is 2.07 bits per heavy atom. The van der Waals surface area contributed by atoms with Crippen molar-refractivity contribution in [2.24, 2.45) is 17.6 Å². The highest BCUT2D eigenvalue weighted by molar-refractivity contribution is 5.78. The molecule has 0 rings (SSSR count). The number of aliphatic carboxylic acids is 1. The van der Waals surface area contributed by atoms with Crippen molar-refractivity contribution in [3.05, 3.63) is 0 Å². The van der Waals surface area contributed by atoms with E-state index < -0.39 is 12.6 Å². The second-order valence-electron chi connectivity index (χ2n) is 3.23. The lowest BCUT2D eigenvalue weighted by Gasteiger charge is -2.17. The van der Waals surface area contributed by atoms with Gasteiger partial charge in [0, 0.05) is 6.54 Å². The number of hydrogen-bond acceptors (Lipinski definition) is 4. The van der Waals surface area contributed by atoms with Crippen LogP contribution in [0.25, 0.3) is 0 Å². The fraction of sp³-hybridized carbons (Fsp3) is 0.750. The van der Waals surface area contributed by atoms with Gasteiger partial charge in [0.05, 0.1) is 5.92 Å². The smallest absolute Gasteiger partial charge is 0.332 e. The zero-order valence-electron chi connectivity index (χ0n) is 8.32.